The molecule has 0 aliphatic rings. The molecule has 3 rings (SSSR count). The molecule has 0 aromatic heterocycles. The number of rotatable bonds is 4. The van der Waals surface area contributed by atoms with Crippen LogP contribution in [0.25, 0.3) is 16.8 Å². The molecule has 1 amide bonds. The number of hydrogen-bond donors (Lipinski definition) is 1. The average Bonchev–Trinajstić information content (AvgIpc) is 2.59. The highest BCUT2D eigenvalue weighted by Gasteiger charge is 2.01. The zero-order valence-corrected chi connectivity index (χ0v) is 12.2. The number of hydrogen-bond acceptors (Lipinski definition) is 1. The molecule has 108 valence electrons. The van der Waals surface area contributed by atoms with Crippen LogP contribution < -0.4 is 5.32 Å². The second-order valence-corrected chi connectivity index (χ2v) is 5.10. The summed E-state index contributed by atoms with van der Waals surface area (Å²) in [5.41, 5.74) is 2.14. The summed E-state index contributed by atoms with van der Waals surface area (Å²) in [6, 6.07) is 24.1. The summed E-state index contributed by atoms with van der Waals surface area (Å²) in [6.07, 6.45) is 3.39. The predicted molar refractivity (Wildman–Crippen MR) is 91.3 cm³/mol. The molecule has 22 heavy (non-hydrogen) atoms. The maximum absolute atomic E-state index is 11.9. The Balaban J connectivity index is 1.67. The molecule has 0 saturated heterocycles. The van der Waals surface area contributed by atoms with Crippen LogP contribution in [-0.4, -0.2) is 5.91 Å². The van der Waals surface area contributed by atoms with Gasteiger partial charge < -0.3 is 5.32 Å². The second-order valence-electron chi connectivity index (χ2n) is 5.10. The number of amides is 1. The topological polar surface area (TPSA) is 29.1 Å². The van der Waals surface area contributed by atoms with Gasteiger partial charge in [-0.2, -0.15) is 0 Å². The van der Waals surface area contributed by atoms with Crippen LogP contribution in [-0.2, 0) is 11.3 Å². The Kier molecular flexibility index (Phi) is 4.30. The predicted octanol–water partition coefficient (Wildman–Crippen LogP) is 4.17. The lowest BCUT2D eigenvalue weighted by molar-refractivity contribution is -0.116. The minimum atomic E-state index is -0.0863. The van der Waals surface area contributed by atoms with Gasteiger partial charge in [-0.25, -0.2) is 0 Å². The van der Waals surface area contributed by atoms with E-state index >= 15 is 0 Å². The van der Waals surface area contributed by atoms with Crippen LogP contribution >= 0.6 is 0 Å². The number of carbonyl (C=O) groups is 1. The first-order valence-electron chi connectivity index (χ1n) is 7.30. The molecule has 1 N–H and O–H groups in total. The fourth-order valence-electron chi connectivity index (χ4n) is 2.42. The van der Waals surface area contributed by atoms with Crippen LogP contribution in [0.5, 0.6) is 0 Å². The number of fused-ring (bicyclic) bond motifs is 1. The van der Waals surface area contributed by atoms with Crippen molar-refractivity contribution in [1.29, 1.82) is 0 Å². The summed E-state index contributed by atoms with van der Waals surface area (Å²) < 4.78 is 0. The van der Waals surface area contributed by atoms with Crippen molar-refractivity contribution in [2.45, 2.75) is 6.54 Å². The van der Waals surface area contributed by atoms with Crippen molar-refractivity contribution in [2.24, 2.45) is 0 Å². The molecule has 0 atom stereocenters. The lowest BCUT2D eigenvalue weighted by Crippen LogP contribution is -2.20. The van der Waals surface area contributed by atoms with Crippen molar-refractivity contribution < 1.29 is 4.79 Å². The van der Waals surface area contributed by atoms with E-state index in [1.165, 1.54) is 10.8 Å². The summed E-state index contributed by atoms with van der Waals surface area (Å²) in [4.78, 5) is 11.9. The normalized spacial score (nSPS) is 10.9. The first-order valence-corrected chi connectivity index (χ1v) is 7.30. The zero-order chi connectivity index (χ0) is 15.2. The van der Waals surface area contributed by atoms with E-state index in [2.05, 4.69) is 23.5 Å². The van der Waals surface area contributed by atoms with Crippen molar-refractivity contribution in [1.82, 2.24) is 5.32 Å². The van der Waals surface area contributed by atoms with Crippen LogP contribution in [0.15, 0.2) is 78.9 Å². The highest BCUT2D eigenvalue weighted by atomic mass is 16.1. The summed E-state index contributed by atoms with van der Waals surface area (Å²) in [6.45, 7) is 0.527. The summed E-state index contributed by atoms with van der Waals surface area (Å²) >= 11 is 0. The molecule has 3 aromatic carbocycles. The minimum absolute atomic E-state index is 0.0863. The number of nitrogens with one attached hydrogen (secondary N) is 1. The molecule has 2 nitrogen and oxygen atoms in total. The Bertz CT molecular complexity index is 801. The largest absolute Gasteiger partial charge is 0.348 e. The van der Waals surface area contributed by atoms with Gasteiger partial charge >= 0.3 is 0 Å². The van der Waals surface area contributed by atoms with Gasteiger partial charge in [-0.15, -0.1) is 0 Å². The monoisotopic (exact) mass is 287 g/mol. The van der Waals surface area contributed by atoms with E-state index in [1.54, 1.807) is 6.08 Å². The molecule has 0 unspecified atom stereocenters. The van der Waals surface area contributed by atoms with Crippen molar-refractivity contribution in [3.63, 3.8) is 0 Å². The van der Waals surface area contributed by atoms with Gasteiger partial charge in [-0.05, 0) is 28.0 Å². The van der Waals surface area contributed by atoms with Gasteiger partial charge in [0, 0.05) is 12.6 Å². The fourth-order valence-corrected chi connectivity index (χ4v) is 2.42. The molecule has 2 heteroatoms. The van der Waals surface area contributed by atoms with Crippen LogP contribution in [0.2, 0.25) is 0 Å². The third-order valence-corrected chi connectivity index (χ3v) is 3.56. The van der Waals surface area contributed by atoms with Gasteiger partial charge in [-0.3, -0.25) is 4.79 Å². The molecule has 0 radical (unpaired) electrons. The van der Waals surface area contributed by atoms with Crippen molar-refractivity contribution in [3.05, 3.63) is 90.0 Å². The van der Waals surface area contributed by atoms with Crippen molar-refractivity contribution in [2.75, 3.05) is 0 Å². The van der Waals surface area contributed by atoms with Crippen molar-refractivity contribution >= 4 is 22.8 Å². The molecule has 0 saturated carbocycles. The molecule has 0 aliphatic heterocycles. The van der Waals surface area contributed by atoms with E-state index in [-0.39, 0.29) is 5.91 Å². The van der Waals surface area contributed by atoms with Gasteiger partial charge in [0.05, 0.1) is 0 Å². The molecule has 3 aromatic rings. The average molecular weight is 287 g/mol. The SMILES string of the molecule is O=C(/C=C/c1ccccc1)NCc1cccc2ccccc12. The lowest BCUT2D eigenvalue weighted by atomic mass is 10.0. The van der Waals surface area contributed by atoms with Crippen LogP contribution in [0.1, 0.15) is 11.1 Å². The number of benzene rings is 3. The first-order chi connectivity index (χ1) is 10.8. The Labute approximate surface area is 130 Å². The second kappa shape index (κ2) is 6.72. The standard InChI is InChI=1S/C20H17NO/c22-20(14-13-16-7-2-1-3-8-16)21-15-18-11-6-10-17-9-4-5-12-19(17)18/h1-14H,15H2,(H,21,22)/b14-13+. The maximum Gasteiger partial charge on any atom is 0.244 e. The van der Waals surface area contributed by atoms with Gasteiger partial charge in [-0.1, -0.05) is 72.8 Å². The zero-order valence-electron chi connectivity index (χ0n) is 12.2. The molecule has 0 heterocycles. The van der Waals surface area contributed by atoms with Crippen LogP contribution in [0.4, 0.5) is 0 Å². The Morgan fingerprint density at radius 2 is 1.59 bits per heavy atom. The summed E-state index contributed by atoms with van der Waals surface area (Å²) in [7, 11) is 0. The van der Waals surface area contributed by atoms with Gasteiger partial charge in [0.25, 0.3) is 0 Å². The van der Waals surface area contributed by atoms with Crippen LogP contribution in [0.3, 0.4) is 0 Å². The molecule has 0 spiro atoms. The minimum Gasteiger partial charge on any atom is -0.348 e. The summed E-state index contributed by atoms with van der Waals surface area (Å²) in [5.74, 6) is -0.0863. The van der Waals surface area contributed by atoms with E-state index < -0.39 is 0 Å². The molecule has 0 bridgehead atoms. The Morgan fingerprint density at radius 3 is 2.45 bits per heavy atom. The van der Waals surface area contributed by atoms with Gasteiger partial charge in [0.1, 0.15) is 0 Å². The smallest absolute Gasteiger partial charge is 0.244 e. The molecule has 0 aliphatic carbocycles. The van der Waals surface area contributed by atoms with Crippen molar-refractivity contribution in [3.8, 4) is 0 Å². The lowest BCUT2D eigenvalue weighted by Gasteiger charge is -2.07. The van der Waals surface area contributed by atoms with Crippen LogP contribution in [0, 0.1) is 0 Å². The van der Waals surface area contributed by atoms with E-state index in [9.17, 15) is 4.79 Å². The van der Waals surface area contributed by atoms with E-state index in [0.29, 0.717) is 6.54 Å². The Hall–Kier alpha value is -2.87. The molecular formula is C20H17NO. The molecule has 0 fully saturated rings. The quantitative estimate of drug-likeness (QED) is 0.717. The fraction of sp³-hybridized carbons (Fsp3) is 0.0500. The highest BCUT2D eigenvalue weighted by Crippen LogP contribution is 2.18. The number of carbonyl (C=O) groups excluding carboxylic acids is 1. The Morgan fingerprint density at radius 1 is 0.864 bits per heavy atom. The highest BCUT2D eigenvalue weighted by molar-refractivity contribution is 5.92. The van der Waals surface area contributed by atoms with E-state index in [1.807, 2.05) is 60.7 Å². The molecular weight excluding hydrogens is 270 g/mol. The van der Waals surface area contributed by atoms with Gasteiger partial charge in [0.2, 0.25) is 5.91 Å². The maximum atomic E-state index is 11.9. The first kappa shape index (κ1) is 14.1. The van der Waals surface area contributed by atoms with Gasteiger partial charge in [0.15, 0.2) is 0 Å². The third-order valence-electron chi connectivity index (χ3n) is 3.56. The summed E-state index contributed by atoms with van der Waals surface area (Å²) in [5, 5.41) is 5.30. The van der Waals surface area contributed by atoms with E-state index in [4.69, 9.17) is 0 Å². The van der Waals surface area contributed by atoms with E-state index in [0.717, 1.165) is 11.1 Å². The third kappa shape index (κ3) is 3.41.